The van der Waals surface area contributed by atoms with Gasteiger partial charge in [0.1, 0.15) is 5.82 Å². The zero-order chi connectivity index (χ0) is 13.4. The van der Waals surface area contributed by atoms with Crippen molar-refractivity contribution in [1.29, 1.82) is 0 Å². The van der Waals surface area contributed by atoms with Gasteiger partial charge in [-0.3, -0.25) is 0 Å². The molecule has 1 rings (SSSR count). The van der Waals surface area contributed by atoms with Crippen LogP contribution in [0.25, 0.3) is 0 Å². The summed E-state index contributed by atoms with van der Waals surface area (Å²) in [5, 5.41) is 0. The van der Waals surface area contributed by atoms with E-state index in [0.717, 1.165) is 18.6 Å². The molecule has 0 aliphatic rings. The lowest BCUT2D eigenvalue weighted by molar-refractivity contribution is 0.0823. The van der Waals surface area contributed by atoms with Crippen molar-refractivity contribution in [2.24, 2.45) is 5.92 Å². The van der Waals surface area contributed by atoms with Gasteiger partial charge in [0.15, 0.2) is 0 Å². The second kappa shape index (κ2) is 8.09. The number of hydrogen-bond acceptors (Lipinski definition) is 2. The van der Waals surface area contributed by atoms with Crippen molar-refractivity contribution < 1.29 is 9.13 Å². The van der Waals surface area contributed by atoms with E-state index in [1.807, 2.05) is 0 Å². The van der Waals surface area contributed by atoms with Gasteiger partial charge in [-0.25, -0.2) is 4.39 Å². The topological polar surface area (TPSA) is 35.2 Å². The molecule has 0 radical (unpaired) electrons. The van der Waals surface area contributed by atoms with Crippen LogP contribution in [0.4, 0.5) is 10.1 Å². The summed E-state index contributed by atoms with van der Waals surface area (Å²) < 4.78 is 18.6. The molecule has 0 aromatic heterocycles. The first kappa shape index (κ1) is 15.0. The second-order valence-corrected chi connectivity index (χ2v) is 4.77. The van der Waals surface area contributed by atoms with Gasteiger partial charge in [0, 0.05) is 17.9 Å². The molecule has 0 saturated heterocycles. The molecule has 1 aromatic rings. The highest BCUT2D eigenvalue weighted by Gasteiger charge is 2.07. The lowest BCUT2D eigenvalue weighted by Crippen LogP contribution is -2.09. The Hall–Kier alpha value is -1.09. The number of nitrogen functional groups attached to an aromatic ring is 1. The van der Waals surface area contributed by atoms with E-state index in [0.29, 0.717) is 18.2 Å². The van der Waals surface area contributed by atoms with Gasteiger partial charge in [-0.1, -0.05) is 39.2 Å². The van der Waals surface area contributed by atoms with E-state index < -0.39 is 0 Å². The third-order valence-electron chi connectivity index (χ3n) is 3.26. The van der Waals surface area contributed by atoms with E-state index in [1.165, 1.54) is 31.4 Å². The summed E-state index contributed by atoms with van der Waals surface area (Å²) in [7, 11) is 0. The van der Waals surface area contributed by atoms with E-state index in [1.54, 1.807) is 6.07 Å². The van der Waals surface area contributed by atoms with Crippen molar-refractivity contribution in [3.63, 3.8) is 0 Å². The Morgan fingerprint density at radius 1 is 1.33 bits per heavy atom. The number of halogens is 1. The molecule has 1 aromatic carbocycles. The normalized spacial score (nSPS) is 12.6. The van der Waals surface area contributed by atoms with Crippen molar-refractivity contribution in [3.8, 4) is 0 Å². The molecule has 0 amide bonds. The predicted molar refractivity (Wildman–Crippen MR) is 73.8 cm³/mol. The van der Waals surface area contributed by atoms with Crippen LogP contribution in [0.5, 0.6) is 0 Å². The largest absolute Gasteiger partial charge is 0.398 e. The summed E-state index contributed by atoms with van der Waals surface area (Å²) >= 11 is 0. The van der Waals surface area contributed by atoms with Gasteiger partial charge < -0.3 is 10.5 Å². The molecule has 0 fully saturated rings. The number of hydrogen-bond donors (Lipinski definition) is 1. The third kappa shape index (κ3) is 5.05. The van der Waals surface area contributed by atoms with Gasteiger partial charge in [-0.15, -0.1) is 0 Å². The monoisotopic (exact) mass is 253 g/mol. The van der Waals surface area contributed by atoms with Crippen LogP contribution in [0, 0.1) is 11.7 Å². The first-order valence-corrected chi connectivity index (χ1v) is 6.79. The van der Waals surface area contributed by atoms with E-state index in [2.05, 4.69) is 13.8 Å². The average molecular weight is 253 g/mol. The Kier molecular flexibility index (Phi) is 6.73. The van der Waals surface area contributed by atoms with E-state index in [-0.39, 0.29) is 5.82 Å². The van der Waals surface area contributed by atoms with Gasteiger partial charge >= 0.3 is 0 Å². The highest BCUT2D eigenvalue weighted by Crippen LogP contribution is 2.17. The first-order chi connectivity index (χ1) is 8.67. The molecule has 18 heavy (non-hydrogen) atoms. The molecule has 0 aliphatic heterocycles. The summed E-state index contributed by atoms with van der Waals surface area (Å²) in [6.45, 7) is 5.62. The second-order valence-electron chi connectivity index (χ2n) is 4.77. The van der Waals surface area contributed by atoms with Crippen molar-refractivity contribution in [2.45, 2.75) is 46.1 Å². The van der Waals surface area contributed by atoms with Crippen LogP contribution in [0.1, 0.15) is 45.1 Å². The molecule has 2 N–H and O–H groups in total. The summed E-state index contributed by atoms with van der Waals surface area (Å²) in [6, 6.07) is 4.45. The lowest BCUT2D eigenvalue weighted by atomic mass is 10.0. The van der Waals surface area contributed by atoms with Crippen LogP contribution in [0.2, 0.25) is 0 Å². The Morgan fingerprint density at radius 2 is 2.11 bits per heavy atom. The number of benzene rings is 1. The number of unbranched alkanes of at least 4 members (excludes halogenated alkanes) is 1. The fourth-order valence-electron chi connectivity index (χ4n) is 1.93. The highest BCUT2D eigenvalue weighted by atomic mass is 19.1. The van der Waals surface area contributed by atoms with Gasteiger partial charge in [-0.05, 0) is 24.5 Å². The van der Waals surface area contributed by atoms with Gasteiger partial charge in [0.05, 0.1) is 6.61 Å². The molecule has 0 bridgehead atoms. The fourth-order valence-corrected chi connectivity index (χ4v) is 1.93. The van der Waals surface area contributed by atoms with Crippen molar-refractivity contribution in [3.05, 3.63) is 29.6 Å². The zero-order valence-corrected chi connectivity index (χ0v) is 11.4. The Labute approximate surface area is 109 Å². The van der Waals surface area contributed by atoms with E-state index in [9.17, 15) is 4.39 Å². The first-order valence-electron chi connectivity index (χ1n) is 6.79. The van der Waals surface area contributed by atoms with Gasteiger partial charge in [0.2, 0.25) is 0 Å². The van der Waals surface area contributed by atoms with Crippen LogP contribution in [-0.2, 0) is 11.3 Å². The van der Waals surface area contributed by atoms with Gasteiger partial charge in [-0.2, -0.15) is 0 Å². The molecule has 2 nitrogen and oxygen atoms in total. The highest BCUT2D eigenvalue weighted by molar-refractivity contribution is 5.46. The van der Waals surface area contributed by atoms with Crippen molar-refractivity contribution in [1.82, 2.24) is 0 Å². The molecular formula is C15H24FNO. The van der Waals surface area contributed by atoms with Crippen LogP contribution in [0.3, 0.4) is 0 Å². The molecular weight excluding hydrogens is 229 g/mol. The summed E-state index contributed by atoms with van der Waals surface area (Å²) in [6.07, 6.45) is 4.83. The molecule has 0 aliphatic carbocycles. The van der Waals surface area contributed by atoms with Crippen molar-refractivity contribution in [2.75, 3.05) is 12.3 Å². The van der Waals surface area contributed by atoms with Crippen LogP contribution in [-0.4, -0.2) is 6.61 Å². The standard InChI is InChI=1S/C15H24FNO/c1-3-5-6-12(4-2)10-18-11-13-7-8-14(16)9-15(13)17/h7-9,12H,3-6,10-11,17H2,1-2H3. The smallest absolute Gasteiger partial charge is 0.125 e. The van der Waals surface area contributed by atoms with E-state index in [4.69, 9.17) is 10.5 Å². The fraction of sp³-hybridized carbons (Fsp3) is 0.600. The Bertz CT molecular complexity index is 354. The third-order valence-corrected chi connectivity index (χ3v) is 3.26. The van der Waals surface area contributed by atoms with Crippen LogP contribution < -0.4 is 5.73 Å². The minimum Gasteiger partial charge on any atom is -0.398 e. The molecule has 0 heterocycles. The minimum atomic E-state index is -0.300. The maximum atomic E-state index is 12.9. The maximum Gasteiger partial charge on any atom is 0.125 e. The van der Waals surface area contributed by atoms with Crippen LogP contribution in [0.15, 0.2) is 18.2 Å². The molecule has 1 atom stereocenters. The SMILES string of the molecule is CCCCC(CC)COCc1ccc(F)cc1N. The molecule has 1 unspecified atom stereocenters. The number of rotatable bonds is 8. The predicted octanol–water partition coefficient (Wildman–Crippen LogP) is 4.14. The molecule has 0 saturated carbocycles. The number of nitrogens with two attached hydrogens (primary N) is 1. The molecule has 102 valence electrons. The summed E-state index contributed by atoms with van der Waals surface area (Å²) in [5.41, 5.74) is 7.06. The Balaban J connectivity index is 2.35. The summed E-state index contributed by atoms with van der Waals surface area (Å²) in [5.74, 6) is 0.317. The number of anilines is 1. The zero-order valence-electron chi connectivity index (χ0n) is 11.4. The van der Waals surface area contributed by atoms with Crippen LogP contribution >= 0.6 is 0 Å². The van der Waals surface area contributed by atoms with Crippen molar-refractivity contribution >= 4 is 5.69 Å². The minimum absolute atomic E-state index is 0.300. The molecule has 3 heteroatoms. The molecule has 0 spiro atoms. The number of ether oxygens (including phenoxy) is 1. The van der Waals surface area contributed by atoms with Gasteiger partial charge in [0.25, 0.3) is 0 Å². The van der Waals surface area contributed by atoms with E-state index >= 15 is 0 Å². The lowest BCUT2D eigenvalue weighted by Gasteiger charge is -2.15. The maximum absolute atomic E-state index is 12.9. The average Bonchev–Trinajstić information content (AvgIpc) is 2.36. The quantitative estimate of drug-likeness (QED) is 0.707. The Morgan fingerprint density at radius 3 is 2.72 bits per heavy atom. The summed E-state index contributed by atoms with van der Waals surface area (Å²) in [4.78, 5) is 0.